The summed E-state index contributed by atoms with van der Waals surface area (Å²) in [6.07, 6.45) is 0. The lowest BCUT2D eigenvalue weighted by atomic mass is 10.1. The highest BCUT2D eigenvalue weighted by atomic mass is 35.5. The Morgan fingerprint density at radius 1 is 1.21 bits per heavy atom. The summed E-state index contributed by atoms with van der Waals surface area (Å²) in [5.41, 5.74) is 1.68. The average Bonchev–Trinajstić information content (AvgIpc) is 2.46. The Bertz CT molecular complexity index is 605. The molecule has 19 heavy (non-hydrogen) atoms. The first kappa shape index (κ1) is 13.8. The summed E-state index contributed by atoms with van der Waals surface area (Å²) < 4.78 is 5.20. The van der Waals surface area contributed by atoms with Crippen molar-refractivity contribution >= 4 is 23.4 Å². The van der Waals surface area contributed by atoms with Crippen molar-refractivity contribution in [3.05, 3.63) is 58.6 Å². The van der Waals surface area contributed by atoms with Crippen LogP contribution in [0.5, 0.6) is 5.75 Å². The molecule has 0 heterocycles. The standard InChI is InChI=1S/C15H12ClNOS/c1-18-15-8-11(2-3-12(15)9-17)10-19-14-6-4-13(16)5-7-14/h2-8H,10H2,1H3. The van der Waals surface area contributed by atoms with E-state index in [0.717, 1.165) is 21.2 Å². The Balaban J connectivity index is 2.07. The summed E-state index contributed by atoms with van der Waals surface area (Å²) in [5.74, 6) is 1.45. The Morgan fingerprint density at radius 3 is 2.58 bits per heavy atom. The molecule has 0 aliphatic heterocycles. The van der Waals surface area contributed by atoms with Gasteiger partial charge in [0, 0.05) is 15.7 Å². The third kappa shape index (κ3) is 3.66. The lowest BCUT2D eigenvalue weighted by Crippen LogP contribution is -1.90. The van der Waals surface area contributed by atoms with E-state index in [-0.39, 0.29) is 0 Å². The van der Waals surface area contributed by atoms with Gasteiger partial charge in [0.2, 0.25) is 0 Å². The van der Waals surface area contributed by atoms with Crippen molar-refractivity contribution in [2.75, 3.05) is 7.11 Å². The molecule has 0 amide bonds. The maximum atomic E-state index is 8.93. The first-order valence-electron chi connectivity index (χ1n) is 5.68. The quantitative estimate of drug-likeness (QED) is 0.776. The zero-order valence-electron chi connectivity index (χ0n) is 10.4. The fourth-order valence-electron chi connectivity index (χ4n) is 1.62. The number of nitriles is 1. The maximum absolute atomic E-state index is 8.93. The molecule has 0 aliphatic carbocycles. The van der Waals surface area contributed by atoms with E-state index in [1.165, 1.54) is 0 Å². The van der Waals surface area contributed by atoms with Crippen molar-refractivity contribution < 1.29 is 4.74 Å². The molecule has 2 nitrogen and oxygen atoms in total. The molecular formula is C15H12ClNOS. The summed E-state index contributed by atoms with van der Waals surface area (Å²) in [5, 5.41) is 9.67. The van der Waals surface area contributed by atoms with Crippen LogP contribution in [0.25, 0.3) is 0 Å². The molecule has 2 aromatic rings. The van der Waals surface area contributed by atoms with Crippen molar-refractivity contribution in [2.24, 2.45) is 0 Å². The van der Waals surface area contributed by atoms with Crippen molar-refractivity contribution in [1.82, 2.24) is 0 Å². The molecule has 0 spiro atoms. The minimum atomic E-state index is 0.558. The van der Waals surface area contributed by atoms with E-state index >= 15 is 0 Å². The zero-order valence-corrected chi connectivity index (χ0v) is 12.0. The average molecular weight is 290 g/mol. The van der Waals surface area contributed by atoms with Crippen LogP contribution in [-0.2, 0) is 5.75 Å². The molecule has 0 aromatic heterocycles. The van der Waals surface area contributed by atoms with Gasteiger partial charge in [-0.2, -0.15) is 5.26 Å². The molecule has 2 rings (SSSR count). The van der Waals surface area contributed by atoms with Gasteiger partial charge >= 0.3 is 0 Å². The van der Waals surface area contributed by atoms with Gasteiger partial charge in [-0.15, -0.1) is 11.8 Å². The van der Waals surface area contributed by atoms with Crippen LogP contribution in [0.1, 0.15) is 11.1 Å². The predicted octanol–water partition coefficient (Wildman–Crippen LogP) is 4.51. The molecule has 96 valence electrons. The largest absolute Gasteiger partial charge is 0.495 e. The SMILES string of the molecule is COc1cc(CSc2ccc(Cl)cc2)ccc1C#N. The number of hydrogen-bond donors (Lipinski definition) is 0. The van der Waals surface area contributed by atoms with Gasteiger partial charge < -0.3 is 4.74 Å². The van der Waals surface area contributed by atoms with Crippen LogP contribution in [0.3, 0.4) is 0 Å². The molecule has 0 fully saturated rings. The molecular weight excluding hydrogens is 278 g/mol. The third-order valence-electron chi connectivity index (χ3n) is 2.61. The molecule has 0 atom stereocenters. The van der Waals surface area contributed by atoms with Crippen LogP contribution in [0, 0.1) is 11.3 Å². The van der Waals surface area contributed by atoms with Gasteiger partial charge in [-0.25, -0.2) is 0 Å². The molecule has 0 aliphatic rings. The van der Waals surface area contributed by atoms with Gasteiger partial charge in [0.15, 0.2) is 0 Å². The van der Waals surface area contributed by atoms with Gasteiger partial charge in [-0.1, -0.05) is 17.7 Å². The maximum Gasteiger partial charge on any atom is 0.136 e. The molecule has 0 saturated carbocycles. The second-order valence-electron chi connectivity index (χ2n) is 3.89. The van der Waals surface area contributed by atoms with Crippen LogP contribution in [-0.4, -0.2) is 7.11 Å². The van der Waals surface area contributed by atoms with Crippen molar-refractivity contribution in [2.45, 2.75) is 10.6 Å². The molecule has 0 N–H and O–H groups in total. The number of ether oxygens (including phenoxy) is 1. The van der Waals surface area contributed by atoms with Gasteiger partial charge in [-0.3, -0.25) is 0 Å². The lowest BCUT2D eigenvalue weighted by molar-refractivity contribution is 0.413. The first-order valence-corrected chi connectivity index (χ1v) is 7.04. The van der Waals surface area contributed by atoms with E-state index in [1.54, 1.807) is 24.9 Å². The van der Waals surface area contributed by atoms with E-state index in [1.807, 2.05) is 36.4 Å². The highest BCUT2D eigenvalue weighted by molar-refractivity contribution is 7.98. The van der Waals surface area contributed by atoms with Gasteiger partial charge in [0.05, 0.1) is 12.7 Å². The van der Waals surface area contributed by atoms with Crippen LogP contribution < -0.4 is 4.74 Å². The smallest absolute Gasteiger partial charge is 0.136 e. The van der Waals surface area contributed by atoms with Gasteiger partial charge in [0.25, 0.3) is 0 Å². The molecule has 0 radical (unpaired) electrons. The van der Waals surface area contributed by atoms with Crippen molar-refractivity contribution in [3.8, 4) is 11.8 Å². The summed E-state index contributed by atoms with van der Waals surface area (Å²) >= 11 is 7.56. The number of hydrogen-bond acceptors (Lipinski definition) is 3. The van der Waals surface area contributed by atoms with Crippen LogP contribution in [0.4, 0.5) is 0 Å². The Hall–Kier alpha value is -1.63. The minimum absolute atomic E-state index is 0.558. The molecule has 0 saturated heterocycles. The highest BCUT2D eigenvalue weighted by Crippen LogP contribution is 2.27. The summed E-state index contributed by atoms with van der Waals surface area (Å²) in [7, 11) is 1.58. The van der Waals surface area contributed by atoms with Crippen LogP contribution in [0.2, 0.25) is 5.02 Å². The normalized spacial score (nSPS) is 9.95. The Labute approximate surface area is 122 Å². The van der Waals surface area contributed by atoms with Gasteiger partial charge in [-0.05, 0) is 42.0 Å². The lowest BCUT2D eigenvalue weighted by Gasteiger charge is -2.06. The molecule has 2 aromatic carbocycles. The minimum Gasteiger partial charge on any atom is -0.495 e. The molecule has 4 heteroatoms. The first-order chi connectivity index (χ1) is 9.22. The van der Waals surface area contributed by atoms with E-state index in [9.17, 15) is 0 Å². The number of thioether (sulfide) groups is 1. The van der Waals surface area contributed by atoms with Gasteiger partial charge in [0.1, 0.15) is 11.8 Å². The van der Waals surface area contributed by atoms with E-state index in [4.69, 9.17) is 21.6 Å². The summed E-state index contributed by atoms with van der Waals surface area (Å²) in [6, 6.07) is 15.5. The molecule has 0 bridgehead atoms. The van der Waals surface area contributed by atoms with E-state index in [2.05, 4.69) is 6.07 Å². The number of halogens is 1. The van der Waals surface area contributed by atoms with Crippen molar-refractivity contribution in [3.63, 3.8) is 0 Å². The summed E-state index contributed by atoms with van der Waals surface area (Å²) in [4.78, 5) is 1.16. The Morgan fingerprint density at radius 2 is 1.95 bits per heavy atom. The zero-order chi connectivity index (χ0) is 13.7. The molecule has 0 unspecified atom stereocenters. The number of rotatable bonds is 4. The fraction of sp³-hybridized carbons (Fsp3) is 0.133. The second-order valence-corrected chi connectivity index (χ2v) is 5.37. The third-order valence-corrected chi connectivity index (χ3v) is 3.94. The fourth-order valence-corrected chi connectivity index (χ4v) is 2.58. The second kappa shape index (κ2) is 6.51. The van der Waals surface area contributed by atoms with Crippen molar-refractivity contribution in [1.29, 1.82) is 5.26 Å². The number of benzene rings is 2. The summed E-state index contributed by atoms with van der Waals surface area (Å²) in [6.45, 7) is 0. The van der Waals surface area contributed by atoms with E-state index < -0.39 is 0 Å². The Kier molecular flexibility index (Phi) is 4.73. The number of methoxy groups -OCH3 is 1. The number of nitrogens with zero attached hydrogens (tertiary/aromatic N) is 1. The topological polar surface area (TPSA) is 33.0 Å². The monoisotopic (exact) mass is 289 g/mol. The van der Waals surface area contributed by atoms with E-state index in [0.29, 0.717) is 11.3 Å². The predicted molar refractivity (Wildman–Crippen MR) is 78.7 cm³/mol. The highest BCUT2D eigenvalue weighted by Gasteiger charge is 2.04. The van der Waals surface area contributed by atoms with Crippen LogP contribution in [0.15, 0.2) is 47.4 Å². The van der Waals surface area contributed by atoms with Crippen LogP contribution >= 0.6 is 23.4 Å².